The Bertz CT molecular complexity index is 2360. The molecule has 2 aromatic heterocycles. The van der Waals surface area contributed by atoms with E-state index in [1.807, 2.05) is 54.6 Å². The fourth-order valence-electron chi connectivity index (χ4n) is 7.94. The summed E-state index contributed by atoms with van der Waals surface area (Å²) in [4.78, 5) is 47.9. The molecule has 0 N–H and O–H groups in total. The average molecular weight is 712 g/mol. The van der Waals surface area contributed by atoms with Crippen LogP contribution in [0.1, 0.15) is 122 Å². The summed E-state index contributed by atoms with van der Waals surface area (Å²) in [5.41, 5.74) is 8.92. The van der Waals surface area contributed by atoms with Crippen LogP contribution in [0.25, 0.3) is 21.9 Å². The molecule has 0 amide bonds. The molecular formula is C47H45N5O2. The maximum absolute atomic E-state index is 14.1. The minimum absolute atomic E-state index is 0.138. The van der Waals surface area contributed by atoms with Crippen molar-refractivity contribution in [1.82, 2.24) is 15.0 Å². The molecule has 54 heavy (non-hydrogen) atoms. The first-order valence-electron chi connectivity index (χ1n) is 19.0. The van der Waals surface area contributed by atoms with Gasteiger partial charge in [0, 0.05) is 17.3 Å². The van der Waals surface area contributed by atoms with Gasteiger partial charge in [-0.15, -0.1) is 0 Å². The predicted molar refractivity (Wildman–Crippen MR) is 220 cm³/mol. The van der Waals surface area contributed by atoms with Crippen LogP contribution >= 0.6 is 0 Å². The average Bonchev–Trinajstić information content (AvgIpc) is 3.59. The number of anilines is 4. The molecule has 270 valence electrons. The minimum atomic E-state index is -0.270. The quantitative estimate of drug-likeness (QED) is 0.120. The molecule has 0 saturated heterocycles. The normalized spacial score (nSPS) is 15.0. The van der Waals surface area contributed by atoms with Crippen molar-refractivity contribution in [2.75, 3.05) is 9.80 Å². The first kappa shape index (κ1) is 35.1. The SMILES string of the molecule is CC(C)c1cccc(C(C)C)c1N1/C(=C\C=C2C(=O)c3cc4ccccc4cc3C2=O)N(c2c(C(C)C)cccc2C(C)C)c2nc3ncccc3nc21. The van der Waals surface area contributed by atoms with Gasteiger partial charge in [-0.05, 0) is 93.1 Å². The molecule has 0 bridgehead atoms. The third-order valence-corrected chi connectivity index (χ3v) is 10.7. The number of benzene rings is 4. The summed E-state index contributed by atoms with van der Waals surface area (Å²) in [6.45, 7) is 17.7. The molecule has 6 aromatic rings. The van der Waals surface area contributed by atoms with Crippen LogP contribution in [-0.4, -0.2) is 26.5 Å². The molecule has 4 aromatic carbocycles. The van der Waals surface area contributed by atoms with Gasteiger partial charge in [0.2, 0.25) is 0 Å². The highest BCUT2D eigenvalue weighted by molar-refractivity contribution is 6.40. The van der Waals surface area contributed by atoms with Crippen molar-refractivity contribution in [3.05, 3.63) is 148 Å². The number of pyridine rings is 1. The Hall–Kier alpha value is -5.95. The number of fused-ring (bicyclic) bond motifs is 4. The van der Waals surface area contributed by atoms with Gasteiger partial charge in [0.15, 0.2) is 28.8 Å². The second-order valence-corrected chi connectivity index (χ2v) is 15.6. The van der Waals surface area contributed by atoms with E-state index in [-0.39, 0.29) is 40.8 Å². The third-order valence-electron chi connectivity index (χ3n) is 10.7. The highest BCUT2D eigenvalue weighted by atomic mass is 16.2. The van der Waals surface area contributed by atoms with Gasteiger partial charge in [-0.3, -0.25) is 19.4 Å². The van der Waals surface area contributed by atoms with Crippen molar-refractivity contribution in [2.45, 2.75) is 79.1 Å². The molecule has 7 nitrogen and oxygen atoms in total. The third kappa shape index (κ3) is 5.61. The van der Waals surface area contributed by atoms with Gasteiger partial charge in [-0.25, -0.2) is 15.0 Å². The number of Topliss-reactive ketones (excluding diaryl/α,β-unsaturated/α-hetero) is 2. The molecule has 7 heteroatoms. The van der Waals surface area contributed by atoms with Gasteiger partial charge >= 0.3 is 0 Å². The molecule has 8 rings (SSSR count). The Labute approximate surface area is 317 Å². The lowest BCUT2D eigenvalue weighted by atomic mass is 9.91. The van der Waals surface area contributed by atoms with Crippen molar-refractivity contribution in [2.24, 2.45) is 0 Å². The van der Waals surface area contributed by atoms with Crippen molar-refractivity contribution >= 4 is 56.5 Å². The lowest BCUT2D eigenvalue weighted by Crippen LogP contribution is -2.26. The Morgan fingerprint density at radius 1 is 0.537 bits per heavy atom. The van der Waals surface area contributed by atoms with E-state index in [4.69, 9.17) is 9.97 Å². The number of hydrogen-bond acceptors (Lipinski definition) is 7. The molecule has 3 heterocycles. The van der Waals surface area contributed by atoms with Crippen LogP contribution in [0.4, 0.5) is 23.0 Å². The van der Waals surface area contributed by atoms with Crippen LogP contribution in [-0.2, 0) is 0 Å². The zero-order valence-electron chi connectivity index (χ0n) is 32.2. The second kappa shape index (κ2) is 13.5. The number of nitrogens with zero attached hydrogens (tertiary/aromatic N) is 5. The van der Waals surface area contributed by atoms with Crippen molar-refractivity contribution < 1.29 is 9.59 Å². The van der Waals surface area contributed by atoms with Gasteiger partial charge < -0.3 is 0 Å². The summed E-state index contributed by atoms with van der Waals surface area (Å²) in [5, 5.41) is 1.85. The second-order valence-electron chi connectivity index (χ2n) is 15.6. The number of aromatic nitrogens is 3. The first-order chi connectivity index (χ1) is 26.0. The summed E-state index contributed by atoms with van der Waals surface area (Å²) in [5.74, 6) is 2.23. The maximum atomic E-state index is 14.1. The number of carbonyl (C=O) groups excluding carboxylic acids is 2. The van der Waals surface area contributed by atoms with Crippen LogP contribution < -0.4 is 9.80 Å². The van der Waals surface area contributed by atoms with E-state index in [0.717, 1.165) is 50.2 Å². The largest absolute Gasteiger partial charge is 0.288 e. The molecule has 0 fully saturated rings. The fourth-order valence-corrected chi connectivity index (χ4v) is 7.94. The highest BCUT2D eigenvalue weighted by Gasteiger charge is 2.42. The fraction of sp³-hybridized carbons (Fsp3) is 0.255. The van der Waals surface area contributed by atoms with E-state index in [1.165, 1.54) is 0 Å². The van der Waals surface area contributed by atoms with Crippen LogP contribution in [0.3, 0.4) is 0 Å². The molecule has 0 saturated carbocycles. The van der Waals surface area contributed by atoms with Gasteiger partial charge in [-0.1, -0.05) is 116 Å². The monoisotopic (exact) mass is 711 g/mol. The van der Waals surface area contributed by atoms with Crippen molar-refractivity contribution in [3.63, 3.8) is 0 Å². The Balaban J connectivity index is 1.47. The van der Waals surface area contributed by atoms with E-state index < -0.39 is 0 Å². The number of ketones is 2. The zero-order chi connectivity index (χ0) is 38.0. The number of rotatable bonds is 7. The van der Waals surface area contributed by atoms with E-state index in [1.54, 1.807) is 12.3 Å². The summed E-state index contributed by atoms with van der Waals surface area (Å²) in [6.07, 6.45) is 5.39. The molecule has 0 atom stereocenters. The Morgan fingerprint density at radius 2 is 1.00 bits per heavy atom. The van der Waals surface area contributed by atoms with E-state index in [0.29, 0.717) is 33.9 Å². The molecule has 2 aliphatic rings. The summed E-state index contributed by atoms with van der Waals surface area (Å²) < 4.78 is 0. The molecular weight excluding hydrogens is 667 g/mol. The number of para-hydroxylation sites is 2. The van der Waals surface area contributed by atoms with Crippen molar-refractivity contribution in [1.29, 1.82) is 0 Å². The standard InChI is InChI=1S/C47H45N5O2/c1-26(2)32-16-11-17-33(27(3)4)41(32)51-40(22-21-36-43(53)37-24-30-14-9-10-15-31(30)25-38(37)44(36)54)52(42-34(28(5)6)18-12-19-35(42)29(7)8)47-46(51)49-39-20-13-23-48-45(39)50-47/h9-29H,1-8H3/b40-22+. The van der Waals surface area contributed by atoms with Gasteiger partial charge in [0.1, 0.15) is 11.3 Å². The number of carbonyl (C=O) groups is 2. The van der Waals surface area contributed by atoms with Crippen LogP contribution in [0.5, 0.6) is 0 Å². The first-order valence-corrected chi connectivity index (χ1v) is 19.0. The predicted octanol–water partition coefficient (Wildman–Crippen LogP) is 11.8. The topological polar surface area (TPSA) is 79.3 Å². The summed E-state index contributed by atoms with van der Waals surface area (Å²) in [7, 11) is 0. The van der Waals surface area contributed by atoms with Crippen LogP contribution in [0.2, 0.25) is 0 Å². The van der Waals surface area contributed by atoms with E-state index in [2.05, 4.69) is 107 Å². The van der Waals surface area contributed by atoms with Crippen LogP contribution in [0.15, 0.2) is 115 Å². The Morgan fingerprint density at radius 3 is 1.46 bits per heavy atom. The smallest absolute Gasteiger partial charge is 0.197 e. The summed E-state index contributed by atoms with van der Waals surface area (Å²) in [6, 6.07) is 28.3. The van der Waals surface area contributed by atoms with Gasteiger partial charge in [0.25, 0.3) is 0 Å². The van der Waals surface area contributed by atoms with E-state index >= 15 is 0 Å². The molecule has 1 aliphatic carbocycles. The zero-order valence-corrected chi connectivity index (χ0v) is 32.2. The van der Waals surface area contributed by atoms with Crippen LogP contribution in [0, 0.1) is 0 Å². The molecule has 0 radical (unpaired) electrons. The Kier molecular flexibility index (Phi) is 8.76. The highest BCUT2D eigenvalue weighted by Crippen LogP contribution is 2.54. The molecule has 0 unspecified atom stereocenters. The summed E-state index contributed by atoms with van der Waals surface area (Å²) >= 11 is 0. The number of hydrogen-bond donors (Lipinski definition) is 0. The molecule has 1 aliphatic heterocycles. The lowest BCUT2D eigenvalue weighted by Gasteiger charge is -2.32. The molecule has 0 spiro atoms. The minimum Gasteiger partial charge on any atom is -0.288 e. The van der Waals surface area contributed by atoms with Crippen molar-refractivity contribution in [3.8, 4) is 0 Å². The maximum Gasteiger partial charge on any atom is 0.197 e. The van der Waals surface area contributed by atoms with Gasteiger partial charge in [-0.2, -0.15) is 0 Å². The lowest BCUT2D eigenvalue weighted by molar-refractivity contribution is 0.0988. The van der Waals surface area contributed by atoms with E-state index in [9.17, 15) is 9.59 Å². The van der Waals surface area contributed by atoms with Gasteiger partial charge in [0.05, 0.1) is 16.9 Å². The number of allylic oxidation sites excluding steroid dienone is 3.